The van der Waals surface area contributed by atoms with E-state index in [9.17, 15) is 0 Å². The first kappa shape index (κ1) is 10.1. The maximum atomic E-state index is 5.59. The van der Waals surface area contributed by atoms with Crippen molar-refractivity contribution in [2.45, 2.75) is 18.4 Å². The lowest BCUT2D eigenvalue weighted by atomic mass is 10.1. The highest BCUT2D eigenvalue weighted by Crippen LogP contribution is 2.42. The van der Waals surface area contributed by atoms with Gasteiger partial charge in [-0.25, -0.2) is 4.98 Å². The lowest BCUT2D eigenvalue weighted by Crippen LogP contribution is -2.07. The molecule has 4 nitrogen and oxygen atoms in total. The molecule has 3 rings (SSSR count). The van der Waals surface area contributed by atoms with Gasteiger partial charge in [-0.05, 0) is 12.0 Å². The average Bonchev–Trinajstić information content (AvgIpc) is 3.10. The molecule has 86 valence electrons. The maximum Gasteiger partial charge on any atom is 0.147 e. The van der Waals surface area contributed by atoms with Crippen LogP contribution in [0.5, 0.6) is 0 Å². The molecule has 0 amide bonds. The van der Waals surface area contributed by atoms with E-state index in [2.05, 4.69) is 39.6 Å². The highest BCUT2D eigenvalue weighted by atomic mass is 15.1. The Labute approximate surface area is 99.9 Å². The van der Waals surface area contributed by atoms with Crippen molar-refractivity contribution in [2.24, 2.45) is 0 Å². The van der Waals surface area contributed by atoms with Crippen LogP contribution in [0.4, 0.5) is 11.6 Å². The van der Waals surface area contributed by atoms with Crippen molar-refractivity contribution in [1.82, 2.24) is 9.97 Å². The summed E-state index contributed by atoms with van der Waals surface area (Å²) < 4.78 is 0. The summed E-state index contributed by atoms with van der Waals surface area (Å²) in [6.07, 6.45) is 4.39. The minimum Gasteiger partial charge on any atom is -0.382 e. The second kappa shape index (κ2) is 4.05. The van der Waals surface area contributed by atoms with Crippen LogP contribution in [0.2, 0.25) is 0 Å². The van der Waals surface area contributed by atoms with Gasteiger partial charge in [0.2, 0.25) is 0 Å². The van der Waals surface area contributed by atoms with Crippen LogP contribution in [0.1, 0.15) is 17.9 Å². The molecule has 2 aromatic rings. The van der Waals surface area contributed by atoms with Crippen LogP contribution in [0, 0.1) is 0 Å². The molecular weight excluding hydrogens is 212 g/mol. The smallest absolute Gasteiger partial charge is 0.147 e. The standard InChI is InChI=1S/C13H14N4/c14-12-7-15-8-13(17-12)16-11-6-10(11)9-4-2-1-3-5-9/h1-5,7-8,10-11H,6H2,(H3,14,16,17). The molecule has 3 N–H and O–H groups in total. The second-order valence-corrected chi connectivity index (χ2v) is 4.33. The summed E-state index contributed by atoms with van der Waals surface area (Å²) in [6.45, 7) is 0. The topological polar surface area (TPSA) is 63.8 Å². The average molecular weight is 226 g/mol. The molecule has 17 heavy (non-hydrogen) atoms. The summed E-state index contributed by atoms with van der Waals surface area (Å²) in [4.78, 5) is 8.20. The highest BCUT2D eigenvalue weighted by Gasteiger charge is 2.38. The second-order valence-electron chi connectivity index (χ2n) is 4.33. The molecule has 1 fully saturated rings. The van der Waals surface area contributed by atoms with Gasteiger partial charge >= 0.3 is 0 Å². The van der Waals surface area contributed by atoms with Gasteiger partial charge in [0.1, 0.15) is 11.6 Å². The van der Waals surface area contributed by atoms with Crippen LogP contribution in [-0.4, -0.2) is 16.0 Å². The minimum atomic E-state index is 0.451. The van der Waals surface area contributed by atoms with Crippen molar-refractivity contribution in [2.75, 3.05) is 11.1 Å². The minimum absolute atomic E-state index is 0.451. The fraction of sp³-hybridized carbons (Fsp3) is 0.231. The van der Waals surface area contributed by atoms with Crippen molar-refractivity contribution < 1.29 is 0 Å². The Kier molecular flexibility index (Phi) is 2.40. The normalized spacial score (nSPS) is 22.1. The van der Waals surface area contributed by atoms with Crippen molar-refractivity contribution in [3.63, 3.8) is 0 Å². The highest BCUT2D eigenvalue weighted by molar-refractivity contribution is 5.43. The fourth-order valence-corrected chi connectivity index (χ4v) is 2.06. The monoisotopic (exact) mass is 226 g/mol. The molecule has 0 saturated heterocycles. The van der Waals surface area contributed by atoms with Crippen molar-refractivity contribution in [1.29, 1.82) is 0 Å². The molecule has 2 atom stereocenters. The molecule has 0 aliphatic heterocycles. The molecule has 1 aliphatic carbocycles. The van der Waals surface area contributed by atoms with E-state index in [0.717, 1.165) is 12.2 Å². The van der Waals surface area contributed by atoms with Gasteiger partial charge in [-0.2, -0.15) is 0 Å². The van der Waals surface area contributed by atoms with Crippen LogP contribution in [0.15, 0.2) is 42.7 Å². The van der Waals surface area contributed by atoms with Crippen molar-refractivity contribution >= 4 is 11.6 Å². The number of nitrogens with one attached hydrogen (secondary N) is 1. The summed E-state index contributed by atoms with van der Waals surface area (Å²) in [5.41, 5.74) is 6.96. The van der Waals surface area contributed by atoms with Crippen LogP contribution in [0.3, 0.4) is 0 Å². The lowest BCUT2D eigenvalue weighted by molar-refractivity contribution is 1.02. The van der Waals surface area contributed by atoms with E-state index in [1.807, 2.05) is 6.07 Å². The summed E-state index contributed by atoms with van der Waals surface area (Å²) in [7, 11) is 0. The summed E-state index contributed by atoms with van der Waals surface area (Å²) in [6, 6.07) is 11.0. The molecule has 2 unspecified atom stereocenters. The number of benzene rings is 1. The lowest BCUT2D eigenvalue weighted by Gasteiger charge is -2.05. The molecule has 1 aliphatic rings. The first-order valence-electron chi connectivity index (χ1n) is 5.72. The molecule has 1 heterocycles. The van der Waals surface area contributed by atoms with E-state index in [-0.39, 0.29) is 0 Å². The van der Waals surface area contributed by atoms with Gasteiger partial charge in [0.15, 0.2) is 0 Å². The van der Waals surface area contributed by atoms with Crippen molar-refractivity contribution in [3.05, 3.63) is 48.3 Å². The number of hydrogen-bond donors (Lipinski definition) is 2. The molecule has 1 aromatic carbocycles. The molecule has 0 radical (unpaired) electrons. The summed E-state index contributed by atoms with van der Waals surface area (Å²) >= 11 is 0. The fourth-order valence-electron chi connectivity index (χ4n) is 2.06. The Morgan fingerprint density at radius 3 is 2.76 bits per heavy atom. The first-order chi connectivity index (χ1) is 8.33. The van der Waals surface area contributed by atoms with Gasteiger partial charge in [0.05, 0.1) is 12.4 Å². The number of hydrogen-bond acceptors (Lipinski definition) is 4. The molecule has 4 heteroatoms. The van der Waals surface area contributed by atoms with Crippen LogP contribution in [-0.2, 0) is 0 Å². The Hall–Kier alpha value is -2.10. The Morgan fingerprint density at radius 1 is 1.18 bits per heavy atom. The number of nitrogens with two attached hydrogens (primary N) is 1. The zero-order chi connectivity index (χ0) is 11.7. The number of rotatable bonds is 3. The Morgan fingerprint density at radius 2 is 2.00 bits per heavy atom. The van der Waals surface area contributed by atoms with Gasteiger partial charge in [-0.3, -0.25) is 4.98 Å². The van der Waals surface area contributed by atoms with Crippen LogP contribution in [0.25, 0.3) is 0 Å². The van der Waals surface area contributed by atoms with Gasteiger partial charge in [-0.15, -0.1) is 0 Å². The maximum absolute atomic E-state index is 5.59. The predicted octanol–water partition coefficient (Wildman–Crippen LogP) is 2.03. The molecule has 0 spiro atoms. The zero-order valence-electron chi connectivity index (χ0n) is 9.38. The molecule has 1 aromatic heterocycles. The van der Waals surface area contributed by atoms with E-state index in [1.54, 1.807) is 12.4 Å². The van der Waals surface area contributed by atoms with E-state index >= 15 is 0 Å². The molecular formula is C13H14N4. The molecule has 1 saturated carbocycles. The largest absolute Gasteiger partial charge is 0.382 e. The first-order valence-corrected chi connectivity index (χ1v) is 5.72. The van der Waals surface area contributed by atoms with Crippen LogP contribution < -0.4 is 11.1 Å². The Balaban J connectivity index is 1.66. The third-order valence-electron chi connectivity index (χ3n) is 3.00. The van der Waals surface area contributed by atoms with Crippen molar-refractivity contribution in [3.8, 4) is 0 Å². The third kappa shape index (κ3) is 2.20. The van der Waals surface area contributed by atoms with Crippen LogP contribution >= 0.6 is 0 Å². The predicted molar refractivity (Wildman–Crippen MR) is 67.7 cm³/mol. The van der Waals surface area contributed by atoms with Gasteiger partial charge < -0.3 is 11.1 Å². The Bertz CT molecular complexity index is 512. The van der Waals surface area contributed by atoms with Gasteiger partial charge in [0.25, 0.3) is 0 Å². The number of anilines is 2. The third-order valence-corrected chi connectivity index (χ3v) is 3.00. The number of nitrogen functional groups attached to an aromatic ring is 1. The molecule has 0 bridgehead atoms. The van der Waals surface area contributed by atoms with E-state index in [4.69, 9.17) is 5.73 Å². The van der Waals surface area contributed by atoms with Gasteiger partial charge in [-0.1, -0.05) is 30.3 Å². The van der Waals surface area contributed by atoms with E-state index < -0.39 is 0 Å². The zero-order valence-corrected chi connectivity index (χ0v) is 9.38. The van der Waals surface area contributed by atoms with Gasteiger partial charge in [0, 0.05) is 12.0 Å². The van der Waals surface area contributed by atoms with E-state index in [0.29, 0.717) is 17.8 Å². The van der Waals surface area contributed by atoms with E-state index in [1.165, 1.54) is 5.56 Å². The quantitative estimate of drug-likeness (QED) is 0.840. The number of nitrogens with zero attached hydrogens (tertiary/aromatic N) is 2. The SMILES string of the molecule is Nc1cncc(NC2CC2c2ccccc2)n1. The number of aromatic nitrogens is 2. The summed E-state index contributed by atoms with van der Waals surface area (Å²) in [5.74, 6) is 1.79. The summed E-state index contributed by atoms with van der Waals surface area (Å²) in [5, 5.41) is 3.35.